The molecule has 4 rings (SSSR count). The van der Waals surface area contributed by atoms with Crippen LogP contribution in [-0.4, -0.2) is 54.6 Å². The average molecular weight is 750 g/mol. The van der Waals surface area contributed by atoms with Gasteiger partial charge in [0.25, 0.3) is 0 Å². The fraction of sp³-hybridized carbons (Fsp3) is 0.273. The van der Waals surface area contributed by atoms with Crippen LogP contribution in [0.2, 0.25) is 0 Å². The van der Waals surface area contributed by atoms with Gasteiger partial charge in [0.15, 0.2) is 0 Å². The lowest BCUT2D eigenvalue weighted by Gasteiger charge is -2.27. The number of ether oxygens (including phenoxy) is 2. The highest BCUT2D eigenvalue weighted by Gasteiger charge is 2.17. The molecular weight excluding hydrogens is 728 g/mol. The van der Waals surface area contributed by atoms with E-state index in [0.717, 1.165) is 34.2 Å². The Kier molecular flexibility index (Phi) is 8.76. The van der Waals surface area contributed by atoms with Gasteiger partial charge >= 0.3 is 0 Å². The summed E-state index contributed by atoms with van der Waals surface area (Å²) in [6.07, 6.45) is 1.70. The highest BCUT2D eigenvalue weighted by Crippen LogP contribution is 2.28. The molecule has 0 saturated carbocycles. The third kappa shape index (κ3) is 6.46. The van der Waals surface area contributed by atoms with Crippen molar-refractivity contribution in [1.29, 1.82) is 0 Å². The van der Waals surface area contributed by atoms with Gasteiger partial charge in [-0.25, -0.2) is 5.43 Å². The summed E-state index contributed by atoms with van der Waals surface area (Å²) >= 11 is 8.12. The Morgan fingerprint density at radius 1 is 1.12 bits per heavy atom. The predicted octanol–water partition coefficient (Wildman–Crippen LogP) is 5.19. The fourth-order valence-electron chi connectivity index (χ4n) is 3.27. The third-order valence-electron chi connectivity index (χ3n) is 4.90. The number of nitrogens with one attached hydrogen (secondary N) is 2. The molecule has 9 nitrogen and oxygen atoms in total. The van der Waals surface area contributed by atoms with Crippen LogP contribution >= 0.6 is 61.1 Å². The van der Waals surface area contributed by atoms with Crippen LogP contribution in [0, 0.1) is 14.1 Å². The second-order valence-electron chi connectivity index (χ2n) is 7.37. The summed E-state index contributed by atoms with van der Waals surface area (Å²) in [4.78, 5) is 15.8. The Morgan fingerprint density at radius 2 is 1.88 bits per heavy atom. The molecular formula is C22H22BrI2N7O2. The Labute approximate surface area is 233 Å². The Hall–Kier alpha value is -1.78. The van der Waals surface area contributed by atoms with Gasteiger partial charge in [0.1, 0.15) is 5.75 Å². The van der Waals surface area contributed by atoms with Gasteiger partial charge in [-0.1, -0.05) is 6.07 Å². The van der Waals surface area contributed by atoms with Gasteiger partial charge in [0, 0.05) is 26.7 Å². The topological polar surface area (TPSA) is 96.8 Å². The molecule has 12 heteroatoms. The number of halogens is 3. The summed E-state index contributed by atoms with van der Waals surface area (Å²) in [6.45, 7) is 4.71. The molecule has 1 aliphatic rings. The quantitative estimate of drug-likeness (QED) is 0.194. The molecule has 3 aromatic rings. The van der Waals surface area contributed by atoms with Crippen molar-refractivity contribution in [2.45, 2.75) is 6.92 Å². The number of hydrogen-bond donors (Lipinski definition) is 2. The Morgan fingerprint density at radius 3 is 2.62 bits per heavy atom. The van der Waals surface area contributed by atoms with Crippen LogP contribution in [0.15, 0.2) is 39.9 Å². The lowest BCUT2D eigenvalue weighted by atomic mass is 10.2. The van der Waals surface area contributed by atoms with Gasteiger partial charge in [-0.2, -0.15) is 20.1 Å². The first-order valence-electron chi connectivity index (χ1n) is 10.4. The molecule has 2 heterocycles. The van der Waals surface area contributed by atoms with Gasteiger partial charge in [0.2, 0.25) is 17.8 Å². The van der Waals surface area contributed by atoms with Crippen molar-refractivity contribution in [2.75, 3.05) is 49.1 Å². The summed E-state index contributed by atoms with van der Waals surface area (Å²) in [5, 5.41) is 7.65. The molecule has 0 aliphatic carbocycles. The van der Waals surface area contributed by atoms with E-state index in [1.54, 1.807) is 13.3 Å². The first-order chi connectivity index (χ1) is 16.4. The number of rotatable bonds is 7. The molecule has 0 atom stereocenters. The monoisotopic (exact) mass is 749 g/mol. The minimum absolute atomic E-state index is 0.331. The lowest BCUT2D eigenvalue weighted by molar-refractivity contribution is 0.122. The largest absolute Gasteiger partial charge is 0.495 e. The number of benzene rings is 2. The smallest absolute Gasteiger partial charge is 0.250 e. The number of aryl methyl sites for hydroxylation is 1. The first kappa shape index (κ1) is 25.3. The van der Waals surface area contributed by atoms with Crippen molar-refractivity contribution in [3.63, 3.8) is 0 Å². The van der Waals surface area contributed by atoms with E-state index >= 15 is 0 Å². The minimum Gasteiger partial charge on any atom is -0.495 e. The second kappa shape index (κ2) is 11.8. The zero-order chi connectivity index (χ0) is 24.1. The maximum absolute atomic E-state index is 5.53. The number of hydrazone groups is 1. The molecule has 0 radical (unpaired) electrons. The molecule has 1 aliphatic heterocycles. The van der Waals surface area contributed by atoms with E-state index in [9.17, 15) is 0 Å². The van der Waals surface area contributed by atoms with Crippen LogP contribution in [0.5, 0.6) is 5.75 Å². The Bertz CT molecular complexity index is 1210. The summed E-state index contributed by atoms with van der Waals surface area (Å²) in [5.41, 5.74) is 5.82. The van der Waals surface area contributed by atoms with Gasteiger partial charge in [-0.3, -0.25) is 0 Å². The second-order valence-corrected chi connectivity index (χ2v) is 10.6. The normalized spacial score (nSPS) is 13.9. The molecule has 1 saturated heterocycles. The maximum Gasteiger partial charge on any atom is 0.250 e. The molecule has 34 heavy (non-hydrogen) atoms. The molecule has 0 unspecified atom stereocenters. The van der Waals surface area contributed by atoms with Crippen LogP contribution in [0.4, 0.5) is 23.5 Å². The van der Waals surface area contributed by atoms with Crippen molar-refractivity contribution >= 4 is 90.9 Å². The van der Waals surface area contributed by atoms with Gasteiger partial charge in [-0.15, -0.1) is 0 Å². The minimum atomic E-state index is 0.331. The highest BCUT2D eigenvalue weighted by molar-refractivity contribution is 14.1. The van der Waals surface area contributed by atoms with Crippen LogP contribution in [-0.2, 0) is 4.74 Å². The van der Waals surface area contributed by atoms with Gasteiger partial charge in [-0.05, 0) is 97.9 Å². The number of methoxy groups -OCH3 is 1. The lowest BCUT2D eigenvalue weighted by Crippen LogP contribution is -2.37. The van der Waals surface area contributed by atoms with Crippen LogP contribution in [0.1, 0.15) is 11.1 Å². The van der Waals surface area contributed by atoms with Gasteiger partial charge < -0.3 is 19.7 Å². The molecule has 1 aromatic heterocycles. The summed E-state index contributed by atoms with van der Waals surface area (Å²) in [5.74, 6) is 2.07. The number of hydrogen-bond acceptors (Lipinski definition) is 9. The zero-order valence-electron chi connectivity index (χ0n) is 18.5. The van der Waals surface area contributed by atoms with Crippen LogP contribution < -0.4 is 20.4 Å². The summed E-state index contributed by atoms with van der Waals surface area (Å²) in [7, 11) is 1.65. The Balaban J connectivity index is 1.62. The molecule has 178 valence electrons. The number of morpholine rings is 1. The van der Waals surface area contributed by atoms with E-state index in [2.05, 4.69) is 96.8 Å². The van der Waals surface area contributed by atoms with Gasteiger partial charge in [0.05, 0.1) is 35.8 Å². The number of anilines is 4. The zero-order valence-corrected chi connectivity index (χ0v) is 24.4. The average Bonchev–Trinajstić information content (AvgIpc) is 2.81. The molecule has 2 aromatic carbocycles. The molecule has 0 spiro atoms. The fourth-order valence-corrected chi connectivity index (χ4v) is 5.97. The molecule has 1 fully saturated rings. The van der Waals surface area contributed by atoms with E-state index in [-0.39, 0.29) is 0 Å². The standard InChI is InChI=1S/C22H22BrI2N7O2/c1-13-3-4-18(16(23)9-13)27-20-28-21(30-22(29-20)32-5-7-34-8-6-32)31-26-12-14-10-15(24)11-17(25)19(14)33-2/h3-4,9-12H,5-8H2,1-2H3,(H2,27,28,29,30,31)/b26-12+. The van der Waals surface area contributed by atoms with Crippen molar-refractivity contribution in [3.8, 4) is 5.75 Å². The van der Waals surface area contributed by atoms with E-state index < -0.39 is 0 Å². The van der Waals surface area contributed by atoms with Crippen molar-refractivity contribution in [1.82, 2.24) is 15.0 Å². The predicted molar refractivity (Wildman–Crippen MR) is 155 cm³/mol. The summed E-state index contributed by atoms with van der Waals surface area (Å²) in [6, 6.07) is 10.1. The highest BCUT2D eigenvalue weighted by atomic mass is 127. The van der Waals surface area contributed by atoms with E-state index in [0.29, 0.717) is 44.1 Å². The van der Waals surface area contributed by atoms with Crippen molar-refractivity contribution in [2.24, 2.45) is 5.10 Å². The number of aromatic nitrogens is 3. The molecule has 0 bridgehead atoms. The van der Waals surface area contributed by atoms with Crippen molar-refractivity contribution < 1.29 is 9.47 Å². The molecule has 2 N–H and O–H groups in total. The first-order valence-corrected chi connectivity index (χ1v) is 13.3. The molecule has 0 amide bonds. The van der Waals surface area contributed by atoms with Crippen LogP contribution in [0.3, 0.4) is 0 Å². The van der Waals surface area contributed by atoms with E-state index in [4.69, 9.17) is 9.47 Å². The third-order valence-corrected chi connectivity index (χ3v) is 6.98. The van der Waals surface area contributed by atoms with Crippen molar-refractivity contribution in [3.05, 3.63) is 53.1 Å². The SMILES string of the molecule is COc1c(I)cc(I)cc1/C=N/Nc1nc(Nc2ccc(C)cc2Br)nc(N2CCOCC2)n1. The number of nitrogens with zero attached hydrogens (tertiary/aromatic N) is 5. The maximum atomic E-state index is 5.53. The van der Waals surface area contributed by atoms with Crippen LogP contribution in [0.25, 0.3) is 0 Å². The van der Waals surface area contributed by atoms with E-state index in [1.165, 1.54) is 0 Å². The summed E-state index contributed by atoms with van der Waals surface area (Å²) < 4.78 is 14.0. The van der Waals surface area contributed by atoms with E-state index in [1.807, 2.05) is 37.3 Å².